The number of anilines is 1. The Morgan fingerprint density at radius 1 is 1.26 bits per heavy atom. The first kappa shape index (κ1) is 14.6. The molecule has 1 aliphatic carbocycles. The van der Waals surface area contributed by atoms with Gasteiger partial charge in [-0.3, -0.25) is 4.79 Å². The van der Waals surface area contributed by atoms with E-state index in [-0.39, 0.29) is 5.91 Å². The molecule has 1 N–H and O–H groups in total. The molecular weight excluding hydrogens is 308 g/mol. The summed E-state index contributed by atoms with van der Waals surface area (Å²) >= 11 is 1.56. The Labute approximate surface area is 139 Å². The lowest BCUT2D eigenvalue weighted by Crippen LogP contribution is -2.33. The van der Waals surface area contributed by atoms with Crippen molar-refractivity contribution in [2.45, 2.75) is 38.1 Å². The van der Waals surface area contributed by atoms with E-state index in [0.717, 1.165) is 43.0 Å². The van der Waals surface area contributed by atoms with Crippen molar-refractivity contribution in [2.75, 3.05) is 18.4 Å². The first-order chi connectivity index (χ1) is 11.3. The third-order valence-corrected chi connectivity index (χ3v) is 5.47. The van der Waals surface area contributed by atoms with Gasteiger partial charge in [0.2, 0.25) is 0 Å². The van der Waals surface area contributed by atoms with Gasteiger partial charge in [0.1, 0.15) is 12.1 Å². The molecule has 0 saturated heterocycles. The summed E-state index contributed by atoms with van der Waals surface area (Å²) in [6.45, 7) is 1.45. The number of rotatable bonds is 3. The molecule has 0 spiro atoms. The van der Waals surface area contributed by atoms with E-state index >= 15 is 0 Å². The second-order valence-corrected chi connectivity index (χ2v) is 7.00. The molecule has 4 rings (SSSR count). The molecule has 0 atom stereocenters. The molecule has 0 aromatic carbocycles. The molecule has 2 aromatic rings. The lowest BCUT2D eigenvalue weighted by atomic mass is 9.93. The van der Waals surface area contributed by atoms with Crippen LogP contribution in [-0.2, 0) is 12.8 Å². The van der Waals surface area contributed by atoms with Crippen LogP contribution in [0.15, 0.2) is 23.2 Å². The molecule has 1 amide bonds. The average Bonchev–Trinajstić information content (AvgIpc) is 2.97. The number of amides is 1. The van der Waals surface area contributed by atoms with E-state index < -0.39 is 0 Å². The molecule has 6 heteroatoms. The molecule has 120 valence electrons. The average molecular weight is 328 g/mol. The zero-order valence-electron chi connectivity index (χ0n) is 13.0. The van der Waals surface area contributed by atoms with Crippen molar-refractivity contribution in [3.05, 3.63) is 40.0 Å². The van der Waals surface area contributed by atoms with Crippen molar-refractivity contribution in [3.63, 3.8) is 0 Å². The summed E-state index contributed by atoms with van der Waals surface area (Å²) in [6.07, 6.45) is 7.02. The van der Waals surface area contributed by atoms with Crippen molar-refractivity contribution in [3.8, 4) is 0 Å². The highest BCUT2D eigenvalue weighted by atomic mass is 32.1. The molecule has 2 aromatic heterocycles. The summed E-state index contributed by atoms with van der Waals surface area (Å²) < 4.78 is 0. The van der Waals surface area contributed by atoms with Crippen LogP contribution >= 0.6 is 11.3 Å². The van der Waals surface area contributed by atoms with E-state index in [1.54, 1.807) is 17.7 Å². The highest BCUT2D eigenvalue weighted by molar-refractivity contribution is 7.08. The van der Waals surface area contributed by atoms with Crippen LogP contribution in [0.25, 0.3) is 0 Å². The number of carbonyl (C=O) groups is 1. The minimum atomic E-state index is 0.125. The maximum atomic E-state index is 12.6. The molecule has 1 aliphatic heterocycles. The smallest absolute Gasteiger partial charge is 0.254 e. The Bertz CT molecular complexity index is 697. The Morgan fingerprint density at radius 3 is 2.87 bits per heavy atom. The van der Waals surface area contributed by atoms with Crippen molar-refractivity contribution >= 4 is 23.1 Å². The topological polar surface area (TPSA) is 58.1 Å². The number of hydrogen-bond donors (Lipinski definition) is 1. The Morgan fingerprint density at radius 2 is 2.13 bits per heavy atom. The van der Waals surface area contributed by atoms with Gasteiger partial charge in [-0.1, -0.05) is 0 Å². The van der Waals surface area contributed by atoms with Crippen LogP contribution in [-0.4, -0.2) is 39.9 Å². The summed E-state index contributed by atoms with van der Waals surface area (Å²) in [6, 6.07) is 2.45. The summed E-state index contributed by atoms with van der Waals surface area (Å²) in [5, 5.41) is 7.42. The predicted molar refractivity (Wildman–Crippen MR) is 90.9 cm³/mol. The summed E-state index contributed by atoms with van der Waals surface area (Å²) in [5.41, 5.74) is 3.07. The van der Waals surface area contributed by atoms with Crippen LogP contribution in [0.2, 0.25) is 0 Å². The minimum absolute atomic E-state index is 0.125. The molecule has 0 bridgehead atoms. The van der Waals surface area contributed by atoms with Crippen LogP contribution in [0, 0.1) is 0 Å². The van der Waals surface area contributed by atoms with E-state index in [2.05, 4.69) is 15.3 Å². The fourth-order valence-corrected chi connectivity index (χ4v) is 3.80. The van der Waals surface area contributed by atoms with Crippen molar-refractivity contribution in [1.82, 2.24) is 14.9 Å². The predicted octanol–water partition coefficient (Wildman–Crippen LogP) is 2.74. The highest BCUT2D eigenvalue weighted by Crippen LogP contribution is 2.27. The van der Waals surface area contributed by atoms with Gasteiger partial charge in [0.15, 0.2) is 0 Å². The van der Waals surface area contributed by atoms with Gasteiger partial charge in [-0.2, -0.15) is 11.3 Å². The summed E-state index contributed by atoms with van der Waals surface area (Å²) in [5.74, 6) is 1.10. The van der Waals surface area contributed by atoms with Gasteiger partial charge in [-0.05, 0) is 37.1 Å². The van der Waals surface area contributed by atoms with E-state index in [9.17, 15) is 4.79 Å². The molecule has 5 nitrogen and oxygen atoms in total. The van der Waals surface area contributed by atoms with Crippen LogP contribution in [0.5, 0.6) is 0 Å². The molecule has 23 heavy (non-hydrogen) atoms. The quantitative estimate of drug-likeness (QED) is 0.941. The molecule has 1 saturated carbocycles. The van der Waals surface area contributed by atoms with Crippen LogP contribution in [0.1, 0.15) is 40.9 Å². The fraction of sp³-hybridized carbons (Fsp3) is 0.471. The van der Waals surface area contributed by atoms with Gasteiger partial charge >= 0.3 is 0 Å². The first-order valence-electron chi connectivity index (χ1n) is 8.22. The molecule has 0 radical (unpaired) electrons. The normalized spacial score (nSPS) is 18.0. The van der Waals surface area contributed by atoms with Gasteiger partial charge in [0.05, 0.1) is 11.3 Å². The SMILES string of the molecule is O=C(c1ccsc1)N1CCc2ncnc(NC3CCC3)c2CC1. The summed E-state index contributed by atoms with van der Waals surface area (Å²) in [4.78, 5) is 23.4. The first-order valence-corrected chi connectivity index (χ1v) is 9.16. The largest absolute Gasteiger partial charge is 0.367 e. The minimum Gasteiger partial charge on any atom is -0.367 e. The lowest BCUT2D eigenvalue weighted by Gasteiger charge is -2.28. The third-order valence-electron chi connectivity index (χ3n) is 4.79. The lowest BCUT2D eigenvalue weighted by molar-refractivity contribution is 0.0763. The highest BCUT2D eigenvalue weighted by Gasteiger charge is 2.24. The number of carbonyl (C=O) groups excluding carboxylic acids is 1. The molecule has 0 unspecified atom stereocenters. The van der Waals surface area contributed by atoms with Gasteiger partial charge in [-0.25, -0.2) is 9.97 Å². The fourth-order valence-electron chi connectivity index (χ4n) is 3.17. The van der Waals surface area contributed by atoms with E-state index in [1.807, 2.05) is 21.7 Å². The summed E-state index contributed by atoms with van der Waals surface area (Å²) in [7, 11) is 0. The number of nitrogens with one attached hydrogen (secondary N) is 1. The van der Waals surface area contributed by atoms with Gasteiger partial charge in [0.25, 0.3) is 5.91 Å². The zero-order chi connectivity index (χ0) is 15.6. The molecule has 3 heterocycles. The molecule has 2 aliphatic rings. The van der Waals surface area contributed by atoms with Crippen LogP contribution in [0.3, 0.4) is 0 Å². The second-order valence-electron chi connectivity index (χ2n) is 6.22. The molecular formula is C17H20N4OS. The maximum Gasteiger partial charge on any atom is 0.254 e. The number of aromatic nitrogens is 2. The number of hydrogen-bond acceptors (Lipinski definition) is 5. The van der Waals surface area contributed by atoms with Gasteiger partial charge in [0, 0.05) is 36.5 Å². The van der Waals surface area contributed by atoms with Crippen LogP contribution in [0.4, 0.5) is 5.82 Å². The maximum absolute atomic E-state index is 12.6. The van der Waals surface area contributed by atoms with E-state index in [4.69, 9.17) is 0 Å². The number of thiophene rings is 1. The molecule has 1 fully saturated rings. The van der Waals surface area contributed by atoms with E-state index in [1.165, 1.54) is 24.8 Å². The van der Waals surface area contributed by atoms with Gasteiger partial charge < -0.3 is 10.2 Å². The van der Waals surface area contributed by atoms with Crippen LogP contribution < -0.4 is 5.32 Å². The van der Waals surface area contributed by atoms with Crippen molar-refractivity contribution in [1.29, 1.82) is 0 Å². The number of nitrogens with zero attached hydrogens (tertiary/aromatic N) is 3. The van der Waals surface area contributed by atoms with Crippen molar-refractivity contribution in [2.24, 2.45) is 0 Å². The van der Waals surface area contributed by atoms with Crippen molar-refractivity contribution < 1.29 is 4.79 Å². The zero-order valence-corrected chi connectivity index (χ0v) is 13.8. The third kappa shape index (κ3) is 2.95. The standard InChI is InChI=1S/C17H20N4OS/c22-17(12-6-9-23-10-12)21-7-4-14-15(5-8-21)18-11-19-16(14)20-13-2-1-3-13/h6,9-11,13H,1-5,7-8H2,(H,18,19,20). The van der Waals surface area contributed by atoms with E-state index in [0.29, 0.717) is 6.04 Å². The Hall–Kier alpha value is -1.95. The second kappa shape index (κ2) is 6.28. The Balaban J connectivity index is 1.51. The monoisotopic (exact) mass is 328 g/mol. The number of fused-ring (bicyclic) bond motifs is 1. The Kier molecular flexibility index (Phi) is 3.99. The van der Waals surface area contributed by atoms with Gasteiger partial charge in [-0.15, -0.1) is 0 Å².